The van der Waals surface area contributed by atoms with Gasteiger partial charge in [-0.05, 0) is 46.0 Å². The fraction of sp³-hybridized carbons (Fsp3) is 0.688. The Morgan fingerprint density at radius 2 is 2.00 bits per heavy atom. The van der Waals surface area contributed by atoms with Gasteiger partial charge in [0.2, 0.25) is 0 Å². The van der Waals surface area contributed by atoms with Crippen molar-refractivity contribution in [3.8, 4) is 0 Å². The average molecular weight is 422 g/mol. The summed E-state index contributed by atoms with van der Waals surface area (Å²) in [6.45, 7) is 10.2. The van der Waals surface area contributed by atoms with E-state index in [0.717, 1.165) is 18.3 Å². The molecular formula is C16H31IN4O. The maximum atomic E-state index is 5.52. The summed E-state index contributed by atoms with van der Waals surface area (Å²) < 4.78 is 5.52. The number of likely N-dealkylation sites (N-methyl/N-ethyl adjacent to an activating group) is 1. The lowest BCUT2D eigenvalue weighted by atomic mass is 10.1. The summed E-state index contributed by atoms with van der Waals surface area (Å²) in [5.41, 5.74) is 0. The summed E-state index contributed by atoms with van der Waals surface area (Å²) in [5, 5.41) is 6.74. The molecule has 0 saturated carbocycles. The number of nitrogens with zero attached hydrogens (tertiary/aromatic N) is 2. The van der Waals surface area contributed by atoms with Crippen LogP contribution in [-0.4, -0.2) is 44.1 Å². The quantitative estimate of drug-likeness (QED) is 0.403. The molecule has 0 fully saturated rings. The number of guanidine groups is 1. The van der Waals surface area contributed by atoms with Crippen molar-refractivity contribution in [3.05, 3.63) is 24.2 Å². The van der Waals surface area contributed by atoms with Crippen molar-refractivity contribution in [1.29, 1.82) is 0 Å². The summed E-state index contributed by atoms with van der Waals surface area (Å²) >= 11 is 0. The molecule has 2 unspecified atom stereocenters. The van der Waals surface area contributed by atoms with Crippen molar-refractivity contribution in [2.45, 2.75) is 39.8 Å². The fourth-order valence-corrected chi connectivity index (χ4v) is 1.87. The molecule has 128 valence electrons. The molecule has 0 radical (unpaired) electrons. The van der Waals surface area contributed by atoms with E-state index < -0.39 is 0 Å². The number of rotatable bonds is 7. The number of hydrogen-bond donors (Lipinski definition) is 2. The SMILES string of the molecule is CCNC(=NCC(c1ccco1)N(C)C)NC(C)C(C)C.I. The minimum atomic E-state index is 0. The fourth-order valence-electron chi connectivity index (χ4n) is 1.87. The minimum Gasteiger partial charge on any atom is -0.468 e. The molecule has 6 heteroatoms. The zero-order valence-electron chi connectivity index (χ0n) is 14.6. The second-order valence-corrected chi connectivity index (χ2v) is 5.89. The lowest BCUT2D eigenvalue weighted by Gasteiger charge is -2.23. The predicted octanol–water partition coefficient (Wildman–Crippen LogP) is 3.10. The Hall–Kier alpha value is -0.760. The van der Waals surface area contributed by atoms with Gasteiger partial charge in [-0.2, -0.15) is 0 Å². The van der Waals surface area contributed by atoms with Crippen LogP contribution in [0, 0.1) is 5.92 Å². The van der Waals surface area contributed by atoms with E-state index in [1.165, 1.54) is 0 Å². The van der Waals surface area contributed by atoms with Crippen LogP contribution in [0.15, 0.2) is 27.8 Å². The van der Waals surface area contributed by atoms with Crippen LogP contribution in [0.4, 0.5) is 0 Å². The van der Waals surface area contributed by atoms with E-state index in [2.05, 4.69) is 43.2 Å². The van der Waals surface area contributed by atoms with Gasteiger partial charge in [0.15, 0.2) is 5.96 Å². The van der Waals surface area contributed by atoms with Crippen LogP contribution in [0.3, 0.4) is 0 Å². The van der Waals surface area contributed by atoms with Gasteiger partial charge in [-0.15, -0.1) is 24.0 Å². The normalized spacial score (nSPS) is 14.6. The first-order chi connectivity index (χ1) is 9.95. The molecule has 1 aromatic heterocycles. The monoisotopic (exact) mass is 422 g/mol. The molecule has 0 aliphatic heterocycles. The van der Waals surface area contributed by atoms with Crippen molar-refractivity contribution < 1.29 is 4.42 Å². The molecule has 5 nitrogen and oxygen atoms in total. The van der Waals surface area contributed by atoms with Crippen LogP contribution in [0.2, 0.25) is 0 Å². The third kappa shape index (κ3) is 7.00. The number of aliphatic imine (C=N–C) groups is 1. The Morgan fingerprint density at radius 1 is 1.32 bits per heavy atom. The maximum absolute atomic E-state index is 5.52. The van der Waals surface area contributed by atoms with E-state index in [4.69, 9.17) is 9.41 Å². The standard InChI is InChI=1S/C16H30N4O.HI/c1-7-17-16(19-13(4)12(2)3)18-11-14(20(5)6)15-9-8-10-21-15;/h8-10,12-14H,7,11H2,1-6H3,(H2,17,18,19);1H. The van der Waals surface area contributed by atoms with Gasteiger partial charge in [-0.25, -0.2) is 0 Å². The van der Waals surface area contributed by atoms with Crippen LogP contribution in [0.1, 0.15) is 39.5 Å². The molecule has 1 heterocycles. The van der Waals surface area contributed by atoms with E-state index in [1.54, 1.807) is 6.26 Å². The number of halogens is 1. The van der Waals surface area contributed by atoms with Crippen molar-refractivity contribution >= 4 is 29.9 Å². The summed E-state index contributed by atoms with van der Waals surface area (Å²) in [6.07, 6.45) is 1.71. The van der Waals surface area contributed by atoms with Crippen LogP contribution >= 0.6 is 24.0 Å². The lowest BCUT2D eigenvalue weighted by molar-refractivity contribution is 0.264. The van der Waals surface area contributed by atoms with Gasteiger partial charge in [0.05, 0.1) is 18.8 Å². The van der Waals surface area contributed by atoms with Crippen LogP contribution in [0.25, 0.3) is 0 Å². The molecule has 0 spiro atoms. The highest BCUT2D eigenvalue weighted by Gasteiger charge is 2.17. The lowest BCUT2D eigenvalue weighted by Crippen LogP contribution is -2.44. The number of nitrogens with one attached hydrogen (secondary N) is 2. The van der Waals surface area contributed by atoms with Gasteiger partial charge in [0.25, 0.3) is 0 Å². The maximum Gasteiger partial charge on any atom is 0.191 e. The van der Waals surface area contributed by atoms with Crippen LogP contribution in [-0.2, 0) is 0 Å². The van der Waals surface area contributed by atoms with Crippen molar-refractivity contribution in [2.75, 3.05) is 27.2 Å². The Bertz CT molecular complexity index is 418. The molecule has 0 aliphatic rings. The zero-order valence-corrected chi connectivity index (χ0v) is 16.9. The van der Waals surface area contributed by atoms with E-state index >= 15 is 0 Å². The summed E-state index contributed by atoms with van der Waals surface area (Å²) in [7, 11) is 4.08. The molecule has 0 saturated heterocycles. The van der Waals surface area contributed by atoms with Gasteiger partial charge in [0, 0.05) is 12.6 Å². The van der Waals surface area contributed by atoms with E-state index in [-0.39, 0.29) is 30.0 Å². The second-order valence-electron chi connectivity index (χ2n) is 5.89. The Kier molecular flexibility index (Phi) is 10.5. The minimum absolute atomic E-state index is 0. The molecule has 0 aliphatic carbocycles. The highest BCUT2D eigenvalue weighted by atomic mass is 127. The highest BCUT2D eigenvalue weighted by molar-refractivity contribution is 14.0. The first kappa shape index (κ1) is 21.2. The van der Waals surface area contributed by atoms with Gasteiger partial charge >= 0.3 is 0 Å². The van der Waals surface area contributed by atoms with Crippen LogP contribution < -0.4 is 10.6 Å². The largest absolute Gasteiger partial charge is 0.468 e. The predicted molar refractivity (Wildman–Crippen MR) is 104 cm³/mol. The zero-order chi connectivity index (χ0) is 15.8. The molecule has 0 aromatic carbocycles. The molecular weight excluding hydrogens is 391 g/mol. The topological polar surface area (TPSA) is 52.8 Å². The first-order valence-electron chi connectivity index (χ1n) is 7.70. The molecule has 22 heavy (non-hydrogen) atoms. The van der Waals surface area contributed by atoms with E-state index in [0.29, 0.717) is 18.5 Å². The summed E-state index contributed by atoms with van der Waals surface area (Å²) in [5.74, 6) is 2.36. The van der Waals surface area contributed by atoms with Gasteiger partial charge in [-0.3, -0.25) is 9.89 Å². The molecule has 2 N–H and O–H groups in total. The summed E-state index contributed by atoms with van der Waals surface area (Å²) in [4.78, 5) is 6.83. The van der Waals surface area contributed by atoms with Crippen molar-refractivity contribution in [2.24, 2.45) is 10.9 Å². The van der Waals surface area contributed by atoms with Crippen molar-refractivity contribution in [1.82, 2.24) is 15.5 Å². The molecule has 2 atom stereocenters. The molecule has 0 bridgehead atoms. The summed E-state index contributed by atoms with van der Waals surface area (Å²) in [6, 6.07) is 4.44. The Labute approximate surface area is 152 Å². The van der Waals surface area contributed by atoms with Gasteiger partial charge < -0.3 is 15.1 Å². The molecule has 1 aromatic rings. The third-order valence-electron chi connectivity index (χ3n) is 3.63. The van der Waals surface area contributed by atoms with E-state index in [1.807, 2.05) is 26.2 Å². The first-order valence-corrected chi connectivity index (χ1v) is 7.70. The van der Waals surface area contributed by atoms with Crippen LogP contribution in [0.5, 0.6) is 0 Å². The number of hydrogen-bond acceptors (Lipinski definition) is 3. The highest BCUT2D eigenvalue weighted by Crippen LogP contribution is 2.18. The smallest absolute Gasteiger partial charge is 0.191 e. The third-order valence-corrected chi connectivity index (χ3v) is 3.63. The second kappa shape index (κ2) is 10.9. The Morgan fingerprint density at radius 3 is 2.45 bits per heavy atom. The van der Waals surface area contributed by atoms with Gasteiger partial charge in [-0.1, -0.05) is 13.8 Å². The Balaban J connectivity index is 0.00000441. The molecule has 0 amide bonds. The molecule has 1 rings (SSSR count). The van der Waals surface area contributed by atoms with Gasteiger partial charge in [0.1, 0.15) is 5.76 Å². The van der Waals surface area contributed by atoms with Crippen molar-refractivity contribution in [3.63, 3.8) is 0 Å². The van der Waals surface area contributed by atoms with E-state index in [9.17, 15) is 0 Å². The number of furan rings is 1. The average Bonchev–Trinajstić information content (AvgIpc) is 2.92.